The summed E-state index contributed by atoms with van der Waals surface area (Å²) in [5.74, 6) is -8.42. The van der Waals surface area contributed by atoms with Gasteiger partial charge < -0.3 is 34.5 Å². The van der Waals surface area contributed by atoms with Gasteiger partial charge in [-0.3, -0.25) is 14.7 Å². The number of hydrogen-bond acceptors (Lipinski definition) is 9. The summed E-state index contributed by atoms with van der Waals surface area (Å²) < 4.78 is 46.1. The van der Waals surface area contributed by atoms with Gasteiger partial charge in [-0.15, -0.1) is 0 Å². The van der Waals surface area contributed by atoms with E-state index in [2.05, 4.69) is 19.6 Å². The number of aromatic nitrogens is 2. The smallest absolute Gasteiger partial charge is 0.329 e. The standard InChI is InChI=1S/C24H24B3F2N5O7/c1-2-33-19-12(9-30-21-14(19)7-13(31-21)11-32-3-5-39-6-4-32)10-34(22(33)35)20-17(28)15(40-23(25,26)36)8-16(18(20)29)41-24(27,37)38/h7-9,36-38H,2-6,10-11H2,1H3,(H,30,31). The number of amides is 2. The monoisotopic (exact) mass is 565 g/mol. The second-order valence-electron chi connectivity index (χ2n) is 9.65. The highest BCUT2D eigenvalue weighted by atomic mass is 19.1. The molecule has 1 fully saturated rings. The Hall–Kier alpha value is -3.37. The predicted octanol–water partition coefficient (Wildman–Crippen LogP) is 0.102. The van der Waals surface area contributed by atoms with Crippen LogP contribution in [0.4, 0.5) is 25.0 Å². The molecule has 210 valence electrons. The molecule has 2 amide bonds. The molecular weight excluding hydrogens is 541 g/mol. The van der Waals surface area contributed by atoms with E-state index in [4.69, 9.17) is 33.0 Å². The molecule has 0 unspecified atom stereocenters. The first kappa shape index (κ1) is 29.1. The number of aromatic amines is 1. The van der Waals surface area contributed by atoms with Crippen molar-refractivity contribution >= 4 is 52.0 Å². The van der Waals surface area contributed by atoms with Gasteiger partial charge in [0.15, 0.2) is 38.8 Å². The fraction of sp³-hybridized carbons (Fsp3) is 0.417. The Morgan fingerprint density at radius 3 is 2.34 bits per heavy atom. The Kier molecular flexibility index (Phi) is 7.67. The number of benzene rings is 1. The maximum absolute atomic E-state index is 15.7. The van der Waals surface area contributed by atoms with Gasteiger partial charge in [0.05, 0.1) is 25.4 Å². The van der Waals surface area contributed by atoms with E-state index in [1.54, 1.807) is 6.92 Å². The second kappa shape index (κ2) is 10.8. The van der Waals surface area contributed by atoms with Gasteiger partial charge in [0, 0.05) is 55.1 Å². The van der Waals surface area contributed by atoms with Crippen LogP contribution >= 0.6 is 0 Å². The maximum Gasteiger partial charge on any atom is 0.329 e. The number of pyridine rings is 1. The Labute approximate surface area is 237 Å². The number of carbonyl (C=O) groups excluding carboxylic acids is 1. The number of hydrogen-bond donors (Lipinski definition) is 4. The largest absolute Gasteiger partial charge is 0.478 e. The number of nitrogens with one attached hydrogen (secondary N) is 1. The molecular formula is C24H24B3F2N5O7. The van der Waals surface area contributed by atoms with Gasteiger partial charge in [-0.25, -0.2) is 18.6 Å². The zero-order chi connectivity index (χ0) is 29.7. The molecule has 3 aromatic rings. The molecule has 5 rings (SSSR count). The quantitative estimate of drug-likeness (QED) is 0.221. The van der Waals surface area contributed by atoms with Crippen LogP contribution in [0.2, 0.25) is 0 Å². The zero-order valence-corrected chi connectivity index (χ0v) is 21.9. The highest BCUT2D eigenvalue weighted by molar-refractivity contribution is 6.37. The van der Waals surface area contributed by atoms with Gasteiger partial charge in [0.25, 0.3) is 5.87 Å². The van der Waals surface area contributed by atoms with E-state index >= 15 is 8.78 Å². The number of anilines is 2. The molecule has 12 nitrogen and oxygen atoms in total. The minimum absolute atomic E-state index is 0.110. The van der Waals surface area contributed by atoms with E-state index in [1.807, 2.05) is 6.07 Å². The number of carbonyl (C=O) groups is 1. The summed E-state index contributed by atoms with van der Waals surface area (Å²) in [4.78, 5) is 25.7. The summed E-state index contributed by atoms with van der Waals surface area (Å²) in [5.41, 5.74) is -1.57. The summed E-state index contributed by atoms with van der Waals surface area (Å²) in [6.07, 6.45) is 1.48. The summed E-state index contributed by atoms with van der Waals surface area (Å²) in [6, 6.07) is 1.55. The average molecular weight is 565 g/mol. The lowest BCUT2D eigenvalue weighted by atomic mass is 9.76. The summed E-state index contributed by atoms with van der Waals surface area (Å²) in [7, 11) is 15.4. The van der Waals surface area contributed by atoms with Crippen LogP contribution in [0, 0.1) is 11.6 Å². The van der Waals surface area contributed by atoms with Crippen LogP contribution in [0.1, 0.15) is 18.2 Å². The van der Waals surface area contributed by atoms with Crippen LogP contribution < -0.4 is 19.3 Å². The van der Waals surface area contributed by atoms with E-state index in [-0.39, 0.29) is 13.1 Å². The number of morpholine rings is 1. The lowest BCUT2D eigenvalue weighted by molar-refractivity contribution is -0.224. The molecule has 1 saturated heterocycles. The third-order valence-corrected chi connectivity index (χ3v) is 6.55. The van der Waals surface area contributed by atoms with Crippen molar-refractivity contribution in [3.63, 3.8) is 0 Å². The van der Waals surface area contributed by atoms with E-state index < -0.39 is 46.3 Å². The van der Waals surface area contributed by atoms with Crippen molar-refractivity contribution in [1.82, 2.24) is 14.9 Å². The molecule has 0 saturated carbocycles. The Morgan fingerprint density at radius 2 is 1.73 bits per heavy atom. The van der Waals surface area contributed by atoms with E-state index in [1.165, 1.54) is 11.1 Å². The fourth-order valence-corrected chi connectivity index (χ4v) is 4.92. The second-order valence-corrected chi connectivity index (χ2v) is 9.65. The molecule has 41 heavy (non-hydrogen) atoms. The molecule has 0 aliphatic carbocycles. The summed E-state index contributed by atoms with van der Waals surface area (Å²) in [6.45, 7) is 4.85. The minimum atomic E-state index is -3.40. The van der Waals surface area contributed by atoms with Crippen molar-refractivity contribution in [2.75, 3.05) is 42.6 Å². The van der Waals surface area contributed by atoms with Crippen molar-refractivity contribution < 1.29 is 43.1 Å². The van der Waals surface area contributed by atoms with Crippen molar-refractivity contribution in [3.8, 4) is 11.5 Å². The van der Waals surface area contributed by atoms with Gasteiger partial charge in [-0.05, 0) is 13.0 Å². The molecule has 0 bridgehead atoms. The molecule has 1 aromatic carbocycles. The molecule has 0 spiro atoms. The minimum Gasteiger partial charge on any atom is -0.478 e. The molecule has 2 aliphatic heterocycles. The van der Waals surface area contributed by atoms with Crippen LogP contribution in [-0.2, 0) is 17.8 Å². The predicted molar refractivity (Wildman–Crippen MR) is 144 cm³/mol. The first-order valence-corrected chi connectivity index (χ1v) is 12.6. The highest BCUT2D eigenvalue weighted by Crippen LogP contribution is 2.43. The SMILES string of the molecule is [B]C([B])(O)Oc1cc(OC([B])(O)O)c(F)c(N2Cc3cnc4[nH]c(CN5CCOCC5)cc4c3N(CC)C2=O)c1F. The fourth-order valence-electron chi connectivity index (χ4n) is 4.92. The molecule has 4 N–H and O–H groups in total. The number of halogens is 2. The van der Waals surface area contributed by atoms with Crippen LogP contribution in [0.15, 0.2) is 18.3 Å². The van der Waals surface area contributed by atoms with Crippen LogP contribution in [0.25, 0.3) is 11.0 Å². The van der Waals surface area contributed by atoms with E-state index in [0.29, 0.717) is 48.1 Å². The Bertz CT molecular complexity index is 1430. The van der Waals surface area contributed by atoms with Gasteiger partial charge in [-0.1, -0.05) is 0 Å². The number of urea groups is 1. The first-order chi connectivity index (χ1) is 19.3. The van der Waals surface area contributed by atoms with Crippen molar-refractivity contribution in [2.24, 2.45) is 0 Å². The Balaban J connectivity index is 1.58. The van der Waals surface area contributed by atoms with Gasteiger partial charge in [0.2, 0.25) is 7.85 Å². The summed E-state index contributed by atoms with van der Waals surface area (Å²) >= 11 is 0. The third kappa shape index (κ3) is 5.99. The number of fused-ring (bicyclic) bond motifs is 3. The Morgan fingerprint density at radius 1 is 1.07 bits per heavy atom. The molecule has 2 aliphatic rings. The van der Waals surface area contributed by atoms with Crippen LogP contribution in [0.3, 0.4) is 0 Å². The highest BCUT2D eigenvalue weighted by Gasteiger charge is 2.38. The van der Waals surface area contributed by atoms with Crippen molar-refractivity contribution in [3.05, 3.63) is 41.2 Å². The lowest BCUT2D eigenvalue weighted by Crippen LogP contribution is -2.48. The first-order valence-electron chi connectivity index (χ1n) is 12.6. The third-order valence-electron chi connectivity index (χ3n) is 6.55. The zero-order valence-electron chi connectivity index (χ0n) is 21.9. The maximum atomic E-state index is 15.7. The number of H-pyrrole nitrogens is 1. The number of nitrogens with zero attached hydrogens (tertiary/aromatic N) is 4. The molecule has 6 radical (unpaired) electrons. The van der Waals surface area contributed by atoms with E-state index in [9.17, 15) is 20.1 Å². The molecule has 4 heterocycles. The molecule has 17 heteroatoms. The number of aliphatic hydroxyl groups is 3. The summed E-state index contributed by atoms with van der Waals surface area (Å²) in [5, 5.41) is 29.2. The van der Waals surface area contributed by atoms with Gasteiger partial charge >= 0.3 is 6.03 Å². The van der Waals surface area contributed by atoms with E-state index in [0.717, 1.165) is 23.7 Å². The van der Waals surface area contributed by atoms with Gasteiger partial charge in [0.1, 0.15) is 16.9 Å². The van der Waals surface area contributed by atoms with Crippen molar-refractivity contribution in [2.45, 2.75) is 31.5 Å². The average Bonchev–Trinajstić information content (AvgIpc) is 3.29. The normalized spacial score (nSPS) is 16.8. The number of rotatable bonds is 8. The van der Waals surface area contributed by atoms with Crippen molar-refractivity contribution in [1.29, 1.82) is 0 Å². The topological polar surface area (TPSA) is 144 Å². The lowest BCUT2D eigenvalue weighted by Gasteiger charge is -2.37. The van der Waals surface area contributed by atoms with Crippen LogP contribution in [-0.4, -0.2) is 104 Å². The van der Waals surface area contributed by atoms with Gasteiger partial charge in [-0.2, -0.15) is 0 Å². The molecule has 0 atom stereocenters. The van der Waals surface area contributed by atoms with Crippen LogP contribution in [0.5, 0.6) is 11.5 Å². The number of ether oxygens (including phenoxy) is 3. The molecule has 2 aromatic heterocycles.